The van der Waals surface area contributed by atoms with E-state index in [1.807, 2.05) is 46.3 Å². The van der Waals surface area contributed by atoms with Gasteiger partial charge in [-0.2, -0.15) is 5.10 Å². The monoisotopic (exact) mass is 322 g/mol. The highest BCUT2D eigenvalue weighted by molar-refractivity contribution is 7.09. The maximum Gasteiger partial charge on any atom is 0.410 e. The van der Waals surface area contributed by atoms with Gasteiger partial charge < -0.3 is 9.64 Å². The number of aromatic nitrogens is 3. The van der Waals surface area contributed by atoms with Crippen molar-refractivity contribution in [2.75, 3.05) is 6.54 Å². The molecule has 2 aromatic rings. The summed E-state index contributed by atoms with van der Waals surface area (Å²) in [5.74, 6) is 0. The SMILES string of the molecule is CCN(Cc1nc(-c2cnn(C)c2)cs1)C(=O)OC(C)(C)C. The van der Waals surface area contributed by atoms with Crippen molar-refractivity contribution in [3.63, 3.8) is 0 Å². The molecule has 0 fully saturated rings. The van der Waals surface area contributed by atoms with E-state index in [9.17, 15) is 4.79 Å². The first-order valence-electron chi connectivity index (χ1n) is 7.20. The van der Waals surface area contributed by atoms with Gasteiger partial charge >= 0.3 is 6.09 Å². The average Bonchev–Trinajstić information content (AvgIpc) is 3.02. The Bertz CT molecular complexity index is 642. The third kappa shape index (κ3) is 4.30. The topological polar surface area (TPSA) is 60.2 Å². The smallest absolute Gasteiger partial charge is 0.410 e. The lowest BCUT2D eigenvalue weighted by atomic mass is 10.2. The molecular weight excluding hydrogens is 300 g/mol. The molecule has 2 aromatic heterocycles. The number of rotatable bonds is 4. The third-order valence-electron chi connectivity index (χ3n) is 2.91. The van der Waals surface area contributed by atoms with Crippen molar-refractivity contribution in [3.05, 3.63) is 22.8 Å². The highest BCUT2D eigenvalue weighted by Gasteiger charge is 2.22. The van der Waals surface area contributed by atoms with E-state index in [1.54, 1.807) is 15.8 Å². The molecule has 0 bridgehead atoms. The van der Waals surface area contributed by atoms with Crippen molar-refractivity contribution in [1.29, 1.82) is 0 Å². The first-order valence-corrected chi connectivity index (χ1v) is 8.08. The van der Waals surface area contributed by atoms with Crippen LogP contribution >= 0.6 is 11.3 Å². The molecule has 0 aromatic carbocycles. The number of carbonyl (C=O) groups is 1. The summed E-state index contributed by atoms with van der Waals surface area (Å²) in [6.07, 6.45) is 3.39. The zero-order valence-electron chi connectivity index (χ0n) is 13.7. The Hall–Kier alpha value is -1.89. The lowest BCUT2D eigenvalue weighted by Crippen LogP contribution is -2.36. The van der Waals surface area contributed by atoms with Gasteiger partial charge in [0.05, 0.1) is 18.4 Å². The molecule has 0 radical (unpaired) electrons. The molecule has 0 unspecified atom stereocenters. The fraction of sp³-hybridized carbons (Fsp3) is 0.533. The predicted molar refractivity (Wildman–Crippen MR) is 86.6 cm³/mol. The lowest BCUT2D eigenvalue weighted by Gasteiger charge is -2.25. The zero-order chi connectivity index (χ0) is 16.3. The van der Waals surface area contributed by atoms with Gasteiger partial charge in [-0.15, -0.1) is 11.3 Å². The molecule has 0 N–H and O–H groups in total. The highest BCUT2D eigenvalue weighted by Crippen LogP contribution is 2.22. The maximum atomic E-state index is 12.1. The molecule has 0 aliphatic rings. The van der Waals surface area contributed by atoms with Gasteiger partial charge in [0.2, 0.25) is 0 Å². The minimum absolute atomic E-state index is 0.312. The van der Waals surface area contributed by atoms with Crippen molar-refractivity contribution in [2.24, 2.45) is 7.05 Å². The van der Waals surface area contributed by atoms with Gasteiger partial charge in [-0.1, -0.05) is 0 Å². The Balaban J connectivity index is 2.06. The molecule has 1 amide bonds. The van der Waals surface area contributed by atoms with Gasteiger partial charge in [0.25, 0.3) is 0 Å². The van der Waals surface area contributed by atoms with Crippen LogP contribution in [0.15, 0.2) is 17.8 Å². The predicted octanol–water partition coefficient (Wildman–Crippen LogP) is 3.30. The molecule has 22 heavy (non-hydrogen) atoms. The van der Waals surface area contributed by atoms with Crippen LogP contribution in [0.5, 0.6) is 0 Å². The third-order valence-corrected chi connectivity index (χ3v) is 3.75. The molecule has 6 nitrogen and oxygen atoms in total. The number of thiazole rings is 1. The van der Waals surface area contributed by atoms with Crippen LogP contribution in [0.4, 0.5) is 4.79 Å². The fourth-order valence-corrected chi connectivity index (χ4v) is 2.68. The number of aryl methyl sites for hydroxylation is 1. The van der Waals surface area contributed by atoms with Crippen LogP contribution in [-0.2, 0) is 18.3 Å². The molecule has 0 saturated carbocycles. The molecule has 0 aliphatic carbocycles. The summed E-state index contributed by atoms with van der Waals surface area (Å²) < 4.78 is 7.15. The summed E-state index contributed by atoms with van der Waals surface area (Å²) in [5, 5.41) is 7.01. The fourth-order valence-electron chi connectivity index (χ4n) is 1.86. The number of hydrogen-bond acceptors (Lipinski definition) is 5. The van der Waals surface area contributed by atoms with E-state index in [0.29, 0.717) is 13.1 Å². The number of nitrogens with zero attached hydrogens (tertiary/aromatic N) is 4. The molecule has 7 heteroatoms. The number of amides is 1. The van der Waals surface area contributed by atoms with E-state index >= 15 is 0 Å². The van der Waals surface area contributed by atoms with Gasteiger partial charge in [-0.05, 0) is 27.7 Å². The van der Waals surface area contributed by atoms with Crippen molar-refractivity contribution in [1.82, 2.24) is 19.7 Å². The second-order valence-electron chi connectivity index (χ2n) is 6.02. The van der Waals surface area contributed by atoms with E-state index < -0.39 is 5.60 Å². The number of ether oxygens (including phenoxy) is 1. The summed E-state index contributed by atoms with van der Waals surface area (Å²) in [4.78, 5) is 18.4. The summed E-state index contributed by atoms with van der Waals surface area (Å²) in [7, 11) is 1.87. The van der Waals surface area contributed by atoms with Crippen LogP contribution in [0.25, 0.3) is 11.3 Å². The van der Waals surface area contributed by atoms with Crippen molar-refractivity contribution >= 4 is 17.4 Å². The molecule has 0 spiro atoms. The largest absolute Gasteiger partial charge is 0.444 e. The number of carbonyl (C=O) groups excluding carboxylic acids is 1. The summed E-state index contributed by atoms with van der Waals surface area (Å²) >= 11 is 1.54. The zero-order valence-corrected chi connectivity index (χ0v) is 14.5. The van der Waals surface area contributed by atoms with Gasteiger partial charge in [0.1, 0.15) is 10.6 Å². The van der Waals surface area contributed by atoms with Gasteiger partial charge in [-0.25, -0.2) is 9.78 Å². The lowest BCUT2D eigenvalue weighted by molar-refractivity contribution is 0.0244. The normalized spacial score (nSPS) is 11.5. The van der Waals surface area contributed by atoms with E-state index in [2.05, 4.69) is 10.1 Å². The second kappa shape index (κ2) is 6.48. The first kappa shape index (κ1) is 16.5. The average molecular weight is 322 g/mol. The van der Waals surface area contributed by atoms with E-state index in [4.69, 9.17) is 4.74 Å². The Labute approximate surface area is 134 Å². The molecule has 0 saturated heterocycles. The minimum atomic E-state index is -0.492. The van der Waals surface area contributed by atoms with Crippen molar-refractivity contribution in [2.45, 2.75) is 39.8 Å². The standard InChI is InChI=1S/C15H22N4O2S/c1-6-19(14(20)21-15(2,3)4)9-13-17-12(10-22-13)11-7-16-18(5)8-11/h7-8,10H,6,9H2,1-5H3. The highest BCUT2D eigenvalue weighted by atomic mass is 32.1. The van der Waals surface area contributed by atoms with Gasteiger partial charge in [-0.3, -0.25) is 4.68 Å². The Morgan fingerprint density at radius 3 is 2.73 bits per heavy atom. The van der Waals surface area contributed by atoms with Crippen LogP contribution in [0.1, 0.15) is 32.7 Å². The van der Waals surface area contributed by atoms with E-state index in [0.717, 1.165) is 16.3 Å². The number of hydrogen-bond donors (Lipinski definition) is 0. The van der Waals surface area contributed by atoms with E-state index in [1.165, 1.54) is 11.3 Å². The molecule has 0 atom stereocenters. The Morgan fingerprint density at radius 1 is 1.45 bits per heavy atom. The summed E-state index contributed by atoms with van der Waals surface area (Å²) in [5.41, 5.74) is 1.37. The van der Waals surface area contributed by atoms with Gasteiger partial charge in [0.15, 0.2) is 0 Å². The molecule has 0 aliphatic heterocycles. The summed E-state index contributed by atoms with van der Waals surface area (Å²) in [6.45, 7) is 8.56. The summed E-state index contributed by atoms with van der Waals surface area (Å²) in [6, 6.07) is 0. The van der Waals surface area contributed by atoms with Crippen LogP contribution < -0.4 is 0 Å². The maximum absolute atomic E-state index is 12.1. The Kier molecular flexibility index (Phi) is 4.85. The van der Waals surface area contributed by atoms with Crippen LogP contribution in [0, 0.1) is 0 Å². The van der Waals surface area contributed by atoms with E-state index in [-0.39, 0.29) is 6.09 Å². The Morgan fingerprint density at radius 2 is 2.18 bits per heavy atom. The van der Waals surface area contributed by atoms with Crippen LogP contribution in [0.2, 0.25) is 0 Å². The molecular formula is C15H22N4O2S. The van der Waals surface area contributed by atoms with Crippen molar-refractivity contribution < 1.29 is 9.53 Å². The quantitative estimate of drug-likeness (QED) is 0.866. The minimum Gasteiger partial charge on any atom is -0.444 e. The van der Waals surface area contributed by atoms with Crippen molar-refractivity contribution in [3.8, 4) is 11.3 Å². The van der Waals surface area contributed by atoms with Crippen LogP contribution in [-0.4, -0.2) is 37.9 Å². The van der Waals surface area contributed by atoms with Gasteiger partial charge in [0, 0.05) is 30.7 Å². The molecule has 2 heterocycles. The van der Waals surface area contributed by atoms with Crippen LogP contribution in [0.3, 0.4) is 0 Å². The molecule has 120 valence electrons. The molecule has 2 rings (SSSR count). The second-order valence-corrected chi connectivity index (χ2v) is 6.97. The first-order chi connectivity index (χ1) is 10.3.